The number of ether oxygens (including phenoxy) is 1. The van der Waals surface area contributed by atoms with Crippen LogP contribution in [0.4, 0.5) is 17.3 Å². The van der Waals surface area contributed by atoms with Gasteiger partial charge in [0.25, 0.3) is 5.91 Å². The summed E-state index contributed by atoms with van der Waals surface area (Å²) in [5, 5.41) is 11.3. The quantitative estimate of drug-likeness (QED) is 0.766. The van der Waals surface area contributed by atoms with Crippen LogP contribution >= 0.6 is 0 Å². The van der Waals surface area contributed by atoms with E-state index in [-0.39, 0.29) is 5.91 Å². The smallest absolute Gasteiger partial charge is 0.256 e. The monoisotopic (exact) mass is 360 g/mol. The zero-order chi connectivity index (χ0) is 18.8. The van der Waals surface area contributed by atoms with Crippen molar-refractivity contribution >= 4 is 23.2 Å². The normalized spacial score (nSPS) is 15.3. The highest BCUT2D eigenvalue weighted by atomic mass is 16.5. The van der Waals surface area contributed by atoms with E-state index in [9.17, 15) is 4.79 Å². The highest BCUT2D eigenvalue weighted by molar-refractivity contribution is 6.04. The lowest BCUT2D eigenvalue weighted by Gasteiger charge is -2.23. The number of anilines is 3. The van der Waals surface area contributed by atoms with Crippen LogP contribution in [0.1, 0.15) is 22.8 Å². The Morgan fingerprint density at radius 3 is 2.74 bits per heavy atom. The molecule has 1 aromatic heterocycles. The number of fused-ring (bicyclic) bond motifs is 1. The third kappa shape index (κ3) is 3.33. The predicted octanol–water partition coefficient (Wildman–Crippen LogP) is 3.82. The van der Waals surface area contributed by atoms with Gasteiger partial charge in [-0.3, -0.25) is 4.79 Å². The van der Waals surface area contributed by atoms with Crippen molar-refractivity contribution in [3.8, 4) is 5.75 Å². The van der Waals surface area contributed by atoms with Gasteiger partial charge in [0.2, 0.25) is 0 Å². The van der Waals surface area contributed by atoms with Gasteiger partial charge in [-0.25, -0.2) is 0 Å². The van der Waals surface area contributed by atoms with Crippen LogP contribution in [0.5, 0.6) is 5.75 Å². The number of aromatic nitrogens is 2. The number of benzene rings is 2. The number of methoxy groups -OCH3 is 1. The number of nitrogens with zero attached hydrogens (tertiary/aromatic N) is 3. The molecule has 0 fully saturated rings. The number of rotatable bonds is 4. The molecular weight excluding hydrogens is 340 g/mol. The minimum atomic E-state index is -0.254. The zero-order valence-corrected chi connectivity index (χ0v) is 15.2. The fraction of sp³-hybridized carbons (Fsp3) is 0.190. The molecule has 6 nitrogen and oxygen atoms in total. The third-order valence-electron chi connectivity index (χ3n) is 4.68. The van der Waals surface area contributed by atoms with E-state index in [1.54, 1.807) is 37.4 Å². The van der Waals surface area contributed by atoms with Gasteiger partial charge in [0.05, 0.1) is 7.11 Å². The molecule has 1 atom stereocenters. The van der Waals surface area contributed by atoms with Crippen molar-refractivity contribution in [3.05, 3.63) is 71.8 Å². The first-order valence-electron chi connectivity index (χ1n) is 8.82. The van der Waals surface area contributed by atoms with E-state index in [1.807, 2.05) is 12.1 Å². The molecule has 4 rings (SSSR count). The van der Waals surface area contributed by atoms with Gasteiger partial charge in [-0.1, -0.05) is 24.3 Å². The standard InChI is InChI=1S/C21H20N4O2/c1-14-12-15-6-3-4-9-18(15)25(14)20-11-10-19(23-24-20)22-21(26)16-7-5-8-17(13-16)27-2/h3-11,13-14H,12H2,1-2H3,(H,22,23,26). The van der Waals surface area contributed by atoms with E-state index < -0.39 is 0 Å². The number of carbonyl (C=O) groups excluding carboxylic acids is 1. The van der Waals surface area contributed by atoms with Crippen LogP contribution in [-0.2, 0) is 6.42 Å². The van der Waals surface area contributed by atoms with Gasteiger partial charge in [-0.15, -0.1) is 10.2 Å². The predicted molar refractivity (Wildman–Crippen MR) is 105 cm³/mol. The van der Waals surface area contributed by atoms with E-state index in [4.69, 9.17) is 4.74 Å². The maximum absolute atomic E-state index is 12.4. The summed E-state index contributed by atoms with van der Waals surface area (Å²) in [5.41, 5.74) is 2.97. The molecule has 2 aromatic carbocycles. The summed E-state index contributed by atoms with van der Waals surface area (Å²) >= 11 is 0. The lowest BCUT2D eigenvalue weighted by Crippen LogP contribution is -2.25. The second kappa shape index (κ2) is 7.07. The fourth-order valence-electron chi connectivity index (χ4n) is 3.39. The van der Waals surface area contributed by atoms with Crippen LogP contribution in [0.15, 0.2) is 60.7 Å². The molecule has 0 radical (unpaired) electrons. The first-order valence-corrected chi connectivity index (χ1v) is 8.82. The minimum Gasteiger partial charge on any atom is -0.497 e. The lowest BCUT2D eigenvalue weighted by atomic mass is 10.1. The maximum Gasteiger partial charge on any atom is 0.256 e. The first-order chi connectivity index (χ1) is 13.2. The molecule has 0 bridgehead atoms. The van der Waals surface area contributed by atoms with Crippen molar-refractivity contribution in [1.29, 1.82) is 0 Å². The summed E-state index contributed by atoms with van der Waals surface area (Å²) in [4.78, 5) is 14.6. The van der Waals surface area contributed by atoms with Crippen LogP contribution in [0, 0.1) is 0 Å². The molecule has 0 saturated heterocycles. The molecule has 6 heteroatoms. The van der Waals surface area contributed by atoms with Crippen molar-refractivity contribution in [2.45, 2.75) is 19.4 Å². The van der Waals surface area contributed by atoms with Crippen LogP contribution in [0.2, 0.25) is 0 Å². The molecule has 1 unspecified atom stereocenters. The van der Waals surface area contributed by atoms with Gasteiger partial charge in [0.1, 0.15) is 5.75 Å². The van der Waals surface area contributed by atoms with Gasteiger partial charge in [0.15, 0.2) is 11.6 Å². The molecule has 136 valence electrons. The molecule has 1 amide bonds. The van der Waals surface area contributed by atoms with Crippen LogP contribution < -0.4 is 15.0 Å². The average molecular weight is 360 g/mol. The Kier molecular flexibility index (Phi) is 4.46. The average Bonchev–Trinajstić information content (AvgIpc) is 3.04. The van der Waals surface area contributed by atoms with E-state index in [0.717, 1.165) is 17.9 Å². The molecule has 1 aliphatic rings. The molecule has 1 N–H and O–H groups in total. The van der Waals surface area contributed by atoms with Gasteiger partial charge >= 0.3 is 0 Å². The first kappa shape index (κ1) is 17.0. The van der Waals surface area contributed by atoms with E-state index in [1.165, 1.54) is 5.56 Å². The van der Waals surface area contributed by atoms with Crippen molar-refractivity contribution in [1.82, 2.24) is 10.2 Å². The maximum atomic E-state index is 12.4. The number of hydrogen-bond acceptors (Lipinski definition) is 5. The number of carbonyl (C=O) groups is 1. The number of amides is 1. The largest absolute Gasteiger partial charge is 0.497 e. The van der Waals surface area contributed by atoms with Crippen LogP contribution in [0.3, 0.4) is 0 Å². The fourth-order valence-corrected chi connectivity index (χ4v) is 3.39. The van der Waals surface area contributed by atoms with Crippen molar-refractivity contribution in [2.24, 2.45) is 0 Å². The third-order valence-corrected chi connectivity index (χ3v) is 4.68. The Hall–Kier alpha value is -3.41. The molecule has 1 aliphatic heterocycles. The van der Waals surface area contributed by atoms with Crippen molar-refractivity contribution in [3.63, 3.8) is 0 Å². The summed E-state index contributed by atoms with van der Waals surface area (Å²) in [6.45, 7) is 2.17. The Balaban J connectivity index is 1.52. The number of hydrogen-bond donors (Lipinski definition) is 1. The lowest BCUT2D eigenvalue weighted by molar-refractivity contribution is 0.102. The van der Waals surface area contributed by atoms with Gasteiger partial charge < -0.3 is 15.0 Å². The summed E-state index contributed by atoms with van der Waals surface area (Å²) in [5.74, 6) is 1.56. The molecule has 0 spiro atoms. The number of nitrogens with one attached hydrogen (secondary N) is 1. The molecule has 0 aliphatic carbocycles. The van der Waals surface area contributed by atoms with Crippen LogP contribution in [0.25, 0.3) is 0 Å². The van der Waals surface area contributed by atoms with Crippen molar-refractivity contribution < 1.29 is 9.53 Å². The Labute approximate surface area is 157 Å². The van der Waals surface area contributed by atoms with Crippen LogP contribution in [-0.4, -0.2) is 29.3 Å². The van der Waals surface area contributed by atoms with E-state index >= 15 is 0 Å². The summed E-state index contributed by atoms with van der Waals surface area (Å²) < 4.78 is 5.15. The SMILES string of the molecule is COc1cccc(C(=O)Nc2ccc(N3c4ccccc4CC3C)nn2)c1. The van der Waals surface area contributed by atoms with Crippen molar-refractivity contribution in [2.75, 3.05) is 17.3 Å². The Bertz CT molecular complexity index is 972. The summed E-state index contributed by atoms with van der Waals surface area (Å²) in [6.07, 6.45) is 0.978. The summed E-state index contributed by atoms with van der Waals surface area (Å²) in [7, 11) is 1.57. The minimum absolute atomic E-state index is 0.254. The second-order valence-electron chi connectivity index (χ2n) is 6.51. The van der Waals surface area contributed by atoms with Gasteiger partial charge in [-0.05, 0) is 55.3 Å². The van der Waals surface area contributed by atoms with E-state index in [0.29, 0.717) is 23.2 Å². The molecule has 3 aromatic rings. The molecule has 27 heavy (non-hydrogen) atoms. The van der Waals surface area contributed by atoms with Gasteiger partial charge in [-0.2, -0.15) is 0 Å². The van der Waals surface area contributed by atoms with Gasteiger partial charge in [0, 0.05) is 17.3 Å². The molecule has 2 heterocycles. The summed E-state index contributed by atoms with van der Waals surface area (Å²) in [6, 6.07) is 19.3. The Morgan fingerprint density at radius 2 is 1.96 bits per heavy atom. The molecule has 0 saturated carbocycles. The highest BCUT2D eigenvalue weighted by Crippen LogP contribution is 2.36. The highest BCUT2D eigenvalue weighted by Gasteiger charge is 2.27. The Morgan fingerprint density at radius 1 is 1.11 bits per heavy atom. The zero-order valence-electron chi connectivity index (χ0n) is 15.2. The number of para-hydroxylation sites is 1. The second-order valence-corrected chi connectivity index (χ2v) is 6.51. The topological polar surface area (TPSA) is 67.3 Å². The molecular formula is C21H20N4O2. The van der Waals surface area contributed by atoms with E-state index in [2.05, 4.69) is 45.5 Å².